The van der Waals surface area contributed by atoms with Crippen LogP contribution in [0, 0.1) is 5.41 Å². The van der Waals surface area contributed by atoms with Crippen molar-refractivity contribution in [1.82, 2.24) is 5.32 Å². The normalized spacial score (nSPS) is 29.9. The molecule has 3 N–H and O–H groups in total. The summed E-state index contributed by atoms with van der Waals surface area (Å²) in [5, 5.41) is 3.92. The first-order chi connectivity index (χ1) is 9.69. The average Bonchev–Trinajstić information content (AvgIpc) is 2.48. The molecule has 0 aliphatic heterocycles. The molecule has 2 rings (SSSR count). The molecule has 0 saturated heterocycles. The summed E-state index contributed by atoms with van der Waals surface area (Å²) in [6, 6.07) is 0.379. The Hall–Kier alpha value is -0.220. The monoisotopic (exact) mass is 298 g/mol. The number of thioether (sulfide) groups is 1. The van der Waals surface area contributed by atoms with Gasteiger partial charge in [0.15, 0.2) is 0 Å². The van der Waals surface area contributed by atoms with Crippen LogP contribution in [0.5, 0.6) is 0 Å². The van der Waals surface area contributed by atoms with Crippen LogP contribution in [-0.4, -0.2) is 30.0 Å². The fourth-order valence-corrected chi connectivity index (χ4v) is 4.83. The number of carbonyl (C=O) groups excluding carboxylic acids is 1. The van der Waals surface area contributed by atoms with Gasteiger partial charge in [-0.15, -0.1) is 0 Å². The fourth-order valence-electron chi connectivity index (χ4n) is 3.90. The van der Waals surface area contributed by atoms with E-state index in [0.29, 0.717) is 24.3 Å². The van der Waals surface area contributed by atoms with Crippen molar-refractivity contribution in [3.63, 3.8) is 0 Å². The second-order valence-corrected chi connectivity index (χ2v) is 7.75. The van der Waals surface area contributed by atoms with Crippen LogP contribution in [0.2, 0.25) is 0 Å². The molecule has 2 unspecified atom stereocenters. The van der Waals surface area contributed by atoms with Crippen molar-refractivity contribution >= 4 is 17.7 Å². The average molecular weight is 298 g/mol. The first-order valence-electron chi connectivity index (χ1n) is 8.21. The predicted octanol–water partition coefficient (Wildman–Crippen LogP) is 3.08. The van der Waals surface area contributed by atoms with Gasteiger partial charge in [0.2, 0.25) is 5.91 Å². The Morgan fingerprint density at radius 1 is 1.20 bits per heavy atom. The van der Waals surface area contributed by atoms with Crippen molar-refractivity contribution in [2.45, 2.75) is 75.5 Å². The fraction of sp³-hybridized carbons (Fsp3) is 0.938. The zero-order chi connectivity index (χ0) is 14.4. The van der Waals surface area contributed by atoms with E-state index in [0.717, 1.165) is 19.3 Å². The van der Waals surface area contributed by atoms with Crippen molar-refractivity contribution < 1.29 is 4.79 Å². The van der Waals surface area contributed by atoms with Crippen LogP contribution in [0.1, 0.15) is 64.2 Å². The molecule has 20 heavy (non-hydrogen) atoms. The molecule has 0 bridgehead atoms. The Labute approximate surface area is 127 Å². The molecule has 2 fully saturated rings. The van der Waals surface area contributed by atoms with Crippen molar-refractivity contribution in [2.75, 3.05) is 12.8 Å². The number of nitrogens with two attached hydrogens (primary N) is 1. The molecule has 0 aromatic rings. The highest BCUT2D eigenvalue weighted by Gasteiger charge is 2.34. The van der Waals surface area contributed by atoms with Gasteiger partial charge in [-0.2, -0.15) is 11.8 Å². The molecule has 0 aromatic carbocycles. The minimum Gasteiger partial charge on any atom is -0.352 e. The molecule has 2 aliphatic carbocycles. The van der Waals surface area contributed by atoms with Gasteiger partial charge in [-0.05, 0) is 43.9 Å². The molecule has 2 aliphatic rings. The molecule has 4 heteroatoms. The van der Waals surface area contributed by atoms with Gasteiger partial charge in [0, 0.05) is 17.7 Å². The SMILES string of the molecule is CSC1CCCCC1NC(=O)CC1(CN)CCCCC1. The van der Waals surface area contributed by atoms with E-state index in [4.69, 9.17) is 5.73 Å². The Morgan fingerprint density at radius 3 is 2.55 bits per heavy atom. The number of hydrogen-bond donors (Lipinski definition) is 2. The molecule has 0 radical (unpaired) electrons. The summed E-state index contributed by atoms with van der Waals surface area (Å²) >= 11 is 1.91. The summed E-state index contributed by atoms with van der Waals surface area (Å²) in [6.45, 7) is 0.664. The standard InChI is InChI=1S/C16H30N2OS/c1-20-14-8-4-3-7-13(14)18-15(19)11-16(12-17)9-5-2-6-10-16/h13-14H,2-12,17H2,1H3,(H,18,19). The lowest BCUT2D eigenvalue weighted by Crippen LogP contribution is -2.46. The number of nitrogens with one attached hydrogen (secondary N) is 1. The molecule has 0 aromatic heterocycles. The van der Waals surface area contributed by atoms with E-state index in [9.17, 15) is 4.79 Å². The largest absolute Gasteiger partial charge is 0.352 e. The lowest BCUT2D eigenvalue weighted by Gasteiger charge is -2.37. The van der Waals surface area contributed by atoms with Gasteiger partial charge in [0.05, 0.1) is 0 Å². The highest BCUT2D eigenvalue weighted by atomic mass is 32.2. The third-order valence-corrected chi connectivity index (χ3v) is 6.40. The molecular formula is C16H30N2OS. The zero-order valence-corrected chi connectivity index (χ0v) is 13.6. The maximum atomic E-state index is 12.4. The summed E-state index contributed by atoms with van der Waals surface area (Å²) in [4.78, 5) is 12.4. The Balaban J connectivity index is 1.87. The number of hydrogen-bond acceptors (Lipinski definition) is 3. The van der Waals surface area contributed by atoms with Gasteiger partial charge in [-0.25, -0.2) is 0 Å². The molecule has 0 spiro atoms. The van der Waals surface area contributed by atoms with Crippen molar-refractivity contribution in [3.05, 3.63) is 0 Å². The molecule has 2 saturated carbocycles. The van der Waals surface area contributed by atoms with Crippen LogP contribution in [0.15, 0.2) is 0 Å². The topological polar surface area (TPSA) is 55.1 Å². The highest BCUT2D eigenvalue weighted by Crippen LogP contribution is 2.38. The quantitative estimate of drug-likeness (QED) is 0.820. The number of carbonyl (C=O) groups is 1. The smallest absolute Gasteiger partial charge is 0.220 e. The van der Waals surface area contributed by atoms with Gasteiger partial charge in [-0.1, -0.05) is 32.1 Å². The van der Waals surface area contributed by atoms with E-state index in [2.05, 4.69) is 11.6 Å². The van der Waals surface area contributed by atoms with Crippen molar-refractivity contribution in [1.29, 1.82) is 0 Å². The molecule has 1 amide bonds. The maximum Gasteiger partial charge on any atom is 0.220 e. The minimum absolute atomic E-state index is 0.0891. The zero-order valence-electron chi connectivity index (χ0n) is 12.8. The van der Waals surface area contributed by atoms with E-state index in [1.165, 1.54) is 38.5 Å². The molecular weight excluding hydrogens is 268 g/mol. The second kappa shape index (κ2) is 7.69. The van der Waals surface area contributed by atoms with Gasteiger partial charge in [0.25, 0.3) is 0 Å². The van der Waals surface area contributed by atoms with E-state index in [1.54, 1.807) is 0 Å². The summed E-state index contributed by atoms with van der Waals surface area (Å²) in [5.74, 6) is 0.239. The van der Waals surface area contributed by atoms with Crippen molar-refractivity contribution in [2.24, 2.45) is 11.1 Å². The highest BCUT2D eigenvalue weighted by molar-refractivity contribution is 7.99. The summed E-state index contributed by atoms with van der Waals surface area (Å²) in [6.07, 6.45) is 13.8. The van der Waals surface area contributed by atoms with Crippen LogP contribution in [0.4, 0.5) is 0 Å². The van der Waals surface area contributed by atoms with Gasteiger partial charge in [0.1, 0.15) is 0 Å². The molecule has 2 atom stereocenters. The Morgan fingerprint density at radius 2 is 1.90 bits per heavy atom. The van der Waals surface area contributed by atoms with Gasteiger partial charge in [-0.3, -0.25) is 4.79 Å². The van der Waals surface area contributed by atoms with Crippen LogP contribution < -0.4 is 11.1 Å². The summed E-state index contributed by atoms with van der Waals surface area (Å²) < 4.78 is 0. The second-order valence-electron chi connectivity index (χ2n) is 6.67. The predicted molar refractivity (Wildman–Crippen MR) is 86.9 cm³/mol. The van der Waals surface area contributed by atoms with Gasteiger partial charge >= 0.3 is 0 Å². The molecule has 0 heterocycles. The van der Waals surface area contributed by atoms with Crippen LogP contribution in [-0.2, 0) is 4.79 Å². The van der Waals surface area contributed by atoms with E-state index in [1.807, 2.05) is 11.8 Å². The van der Waals surface area contributed by atoms with Crippen LogP contribution >= 0.6 is 11.8 Å². The first kappa shape index (κ1) is 16.2. The lowest BCUT2D eigenvalue weighted by atomic mass is 9.71. The van der Waals surface area contributed by atoms with Crippen LogP contribution in [0.3, 0.4) is 0 Å². The summed E-state index contributed by atoms with van der Waals surface area (Å²) in [7, 11) is 0. The third-order valence-electron chi connectivity index (χ3n) is 5.23. The summed E-state index contributed by atoms with van der Waals surface area (Å²) in [5.41, 5.74) is 6.08. The van der Waals surface area contributed by atoms with Gasteiger partial charge < -0.3 is 11.1 Å². The Kier molecular flexibility index (Phi) is 6.21. The molecule has 116 valence electrons. The number of amides is 1. The Bertz CT molecular complexity index is 316. The molecule has 3 nitrogen and oxygen atoms in total. The van der Waals surface area contributed by atoms with E-state index in [-0.39, 0.29) is 11.3 Å². The van der Waals surface area contributed by atoms with E-state index >= 15 is 0 Å². The van der Waals surface area contributed by atoms with E-state index < -0.39 is 0 Å². The van der Waals surface area contributed by atoms with Crippen LogP contribution in [0.25, 0.3) is 0 Å². The minimum atomic E-state index is 0.0891. The maximum absolute atomic E-state index is 12.4. The first-order valence-corrected chi connectivity index (χ1v) is 9.50. The van der Waals surface area contributed by atoms with Crippen molar-refractivity contribution in [3.8, 4) is 0 Å². The lowest BCUT2D eigenvalue weighted by molar-refractivity contribution is -0.124. The third kappa shape index (κ3) is 4.14. The number of rotatable bonds is 5.